The molecule has 0 aliphatic rings. The Labute approximate surface area is 129 Å². The van der Waals surface area contributed by atoms with Crippen molar-refractivity contribution in [2.24, 2.45) is 0 Å². The average molecular weight is 297 g/mol. The molecule has 108 valence electrons. The highest BCUT2D eigenvalue weighted by Crippen LogP contribution is 2.35. The van der Waals surface area contributed by atoms with E-state index in [1.807, 2.05) is 0 Å². The fraction of sp³-hybridized carbons (Fsp3) is 0.294. The molecule has 0 saturated heterocycles. The minimum Gasteiger partial charge on any atom is -0.339 e. The second-order valence-electron chi connectivity index (χ2n) is 5.58. The van der Waals surface area contributed by atoms with Crippen molar-refractivity contribution in [2.75, 3.05) is 5.32 Å². The van der Waals surface area contributed by atoms with Crippen LogP contribution in [0, 0.1) is 34.6 Å². The van der Waals surface area contributed by atoms with Crippen LogP contribution in [0.15, 0.2) is 18.5 Å². The van der Waals surface area contributed by atoms with E-state index >= 15 is 0 Å². The predicted molar refractivity (Wildman–Crippen MR) is 90.8 cm³/mol. The number of rotatable bonds is 2. The Kier molecular flexibility index (Phi) is 3.41. The number of fused-ring (bicyclic) bond motifs is 1. The van der Waals surface area contributed by atoms with Crippen molar-refractivity contribution in [1.82, 2.24) is 9.97 Å². The number of nitrogens with zero attached hydrogens (tertiary/aromatic N) is 2. The second kappa shape index (κ2) is 5.11. The fourth-order valence-corrected chi connectivity index (χ4v) is 3.77. The number of hydrogen-bond donors (Lipinski definition) is 1. The first kappa shape index (κ1) is 14.0. The largest absolute Gasteiger partial charge is 0.339 e. The monoisotopic (exact) mass is 297 g/mol. The summed E-state index contributed by atoms with van der Waals surface area (Å²) in [5.41, 5.74) is 6.17. The van der Waals surface area contributed by atoms with E-state index in [-0.39, 0.29) is 0 Å². The standard InChI is InChI=1S/C17H19N3S/c1-9-6-10(2)15(11(3)7-9)20-16-14-12(4)13(5)21-17(14)19-8-18-16/h6-8H,1-5H3,(H,18,19,20). The Morgan fingerprint density at radius 3 is 2.29 bits per heavy atom. The van der Waals surface area contributed by atoms with Gasteiger partial charge in [0.2, 0.25) is 0 Å². The molecule has 0 amide bonds. The van der Waals surface area contributed by atoms with Gasteiger partial charge >= 0.3 is 0 Å². The van der Waals surface area contributed by atoms with Gasteiger partial charge in [0.15, 0.2) is 0 Å². The fourth-order valence-electron chi connectivity index (χ4n) is 2.77. The van der Waals surface area contributed by atoms with Crippen LogP contribution in [-0.2, 0) is 0 Å². The Balaban J connectivity index is 2.15. The minimum atomic E-state index is 0.900. The van der Waals surface area contributed by atoms with Gasteiger partial charge in [-0.15, -0.1) is 11.3 Å². The molecule has 0 radical (unpaired) electrons. The molecule has 4 heteroatoms. The molecule has 0 fully saturated rings. The van der Waals surface area contributed by atoms with E-state index in [4.69, 9.17) is 0 Å². The first-order valence-corrected chi connectivity index (χ1v) is 7.84. The first-order chi connectivity index (χ1) is 9.97. The maximum atomic E-state index is 4.47. The van der Waals surface area contributed by atoms with E-state index < -0.39 is 0 Å². The maximum absolute atomic E-state index is 4.47. The Bertz CT molecular complexity index is 810. The van der Waals surface area contributed by atoms with Crippen molar-refractivity contribution in [3.05, 3.63) is 45.6 Å². The normalized spacial score (nSPS) is 11.1. The molecule has 0 saturated carbocycles. The van der Waals surface area contributed by atoms with Gasteiger partial charge in [0.25, 0.3) is 0 Å². The van der Waals surface area contributed by atoms with E-state index in [9.17, 15) is 0 Å². The number of anilines is 2. The molecule has 0 aliphatic carbocycles. The van der Waals surface area contributed by atoms with Crippen LogP contribution in [0.1, 0.15) is 27.1 Å². The van der Waals surface area contributed by atoms with Gasteiger partial charge < -0.3 is 5.32 Å². The number of nitrogens with one attached hydrogen (secondary N) is 1. The Morgan fingerprint density at radius 2 is 1.62 bits per heavy atom. The molecular weight excluding hydrogens is 278 g/mol. The molecule has 3 rings (SSSR count). The van der Waals surface area contributed by atoms with E-state index in [0.29, 0.717) is 0 Å². The second-order valence-corrected chi connectivity index (χ2v) is 6.79. The lowest BCUT2D eigenvalue weighted by atomic mass is 10.0. The summed E-state index contributed by atoms with van der Waals surface area (Å²) in [5, 5.41) is 4.66. The van der Waals surface area contributed by atoms with Crippen LogP contribution < -0.4 is 5.32 Å². The molecule has 0 atom stereocenters. The van der Waals surface area contributed by atoms with Gasteiger partial charge in [0, 0.05) is 10.6 Å². The molecule has 0 spiro atoms. The summed E-state index contributed by atoms with van der Waals surface area (Å²) >= 11 is 1.72. The van der Waals surface area contributed by atoms with Gasteiger partial charge in [-0.05, 0) is 51.3 Å². The van der Waals surface area contributed by atoms with Gasteiger partial charge in [-0.3, -0.25) is 0 Å². The molecule has 0 bridgehead atoms. The quantitative estimate of drug-likeness (QED) is 0.725. The molecule has 2 heterocycles. The van der Waals surface area contributed by atoms with Gasteiger partial charge in [-0.25, -0.2) is 9.97 Å². The smallest absolute Gasteiger partial charge is 0.142 e. The third-order valence-corrected chi connectivity index (χ3v) is 5.00. The lowest BCUT2D eigenvalue weighted by Gasteiger charge is -2.14. The molecule has 21 heavy (non-hydrogen) atoms. The average Bonchev–Trinajstić information content (AvgIpc) is 2.70. The van der Waals surface area contributed by atoms with Crippen molar-refractivity contribution >= 4 is 33.1 Å². The summed E-state index contributed by atoms with van der Waals surface area (Å²) in [5.74, 6) is 0.900. The van der Waals surface area contributed by atoms with E-state index in [2.05, 4.69) is 62.0 Å². The summed E-state index contributed by atoms with van der Waals surface area (Å²) in [4.78, 5) is 11.2. The van der Waals surface area contributed by atoms with Crippen molar-refractivity contribution in [2.45, 2.75) is 34.6 Å². The third-order valence-electron chi connectivity index (χ3n) is 3.89. The van der Waals surface area contributed by atoms with Crippen LogP contribution >= 0.6 is 11.3 Å². The number of benzene rings is 1. The SMILES string of the molecule is Cc1cc(C)c(Nc2ncnc3sc(C)c(C)c23)c(C)c1. The molecule has 3 nitrogen and oxygen atoms in total. The van der Waals surface area contributed by atoms with Gasteiger partial charge in [-0.2, -0.15) is 0 Å². The number of aryl methyl sites for hydroxylation is 5. The lowest BCUT2D eigenvalue weighted by molar-refractivity contribution is 1.21. The summed E-state index contributed by atoms with van der Waals surface area (Å²) < 4.78 is 0. The maximum Gasteiger partial charge on any atom is 0.142 e. The highest BCUT2D eigenvalue weighted by atomic mass is 32.1. The van der Waals surface area contributed by atoms with Crippen molar-refractivity contribution < 1.29 is 0 Å². The highest BCUT2D eigenvalue weighted by molar-refractivity contribution is 7.18. The van der Waals surface area contributed by atoms with Gasteiger partial charge in [0.05, 0.1) is 5.39 Å². The predicted octanol–water partition coefficient (Wildman–Crippen LogP) is 4.98. The highest BCUT2D eigenvalue weighted by Gasteiger charge is 2.13. The van der Waals surface area contributed by atoms with E-state index in [1.54, 1.807) is 17.7 Å². The lowest BCUT2D eigenvalue weighted by Crippen LogP contribution is -2.00. The van der Waals surface area contributed by atoms with Crippen molar-refractivity contribution in [1.29, 1.82) is 0 Å². The Hall–Kier alpha value is -1.94. The van der Waals surface area contributed by atoms with Crippen LogP contribution in [0.4, 0.5) is 11.5 Å². The molecule has 0 aliphatic heterocycles. The van der Waals surface area contributed by atoms with Crippen LogP contribution in [-0.4, -0.2) is 9.97 Å². The van der Waals surface area contributed by atoms with E-state index in [0.717, 1.165) is 21.7 Å². The van der Waals surface area contributed by atoms with Gasteiger partial charge in [-0.1, -0.05) is 17.7 Å². The molecular formula is C17H19N3S. The third kappa shape index (κ3) is 2.40. The van der Waals surface area contributed by atoms with Crippen LogP contribution in [0.2, 0.25) is 0 Å². The van der Waals surface area contributed by atoms with Crippen LogP contribution in [0.25, 0.3) is 10.2 Å². The number of thiophene rings is 1. The van der Waals surface area contributed by atoms with Gasteiger partial charge in [0.1, 0.15) is 17.0 Å². The summed E-state index contributed by atoms with van der Waals surface area (Å²) in [6.07, 6.45) is 1.64. The zero-order valence-corrected chi connectivity index (χ0v) is 13.9. The van der Waals surface area contributed by atoms with Crippen molar-refractivity contribution in [3.63, 3.8) is 0 Å². The topological polar surface area (TPSA) is 37.8 Å². The Morgan fingerprint density at radius 1 is 0.952 bits per heavy atom. The number of hydrogen-bond acceptors (Lipinski definition) is 4. The molecule has 1 N–H and O–H groups in total. The molecule has 1 aromatic carbocycles. The zero-order valence-electron chi connectivity index (χ0n) is 13.0. The summed E-state index contributed by atoms with van der Waals surface area (Å²) in [6, 6.07) is 4.39. The zero-order chi connectivity index (χ0) is 15.1. The minimum absolute atomic E-state index is 0.900. The molecule has 3 aromatic rings. The van der Waals surface area contributed by atoms with Crippen LogP contribution in [0.3, 0.4) is 0 Å². The summed E-state index contributed by atoms with van der Waals surface area (Å²) in [7, 11) is 0. The van der Waals surface area contributed by atoms with Crippen LogP contribution in [0.5, 0.6) is 0 Å². The number of aromatic nitrogens is 2. The van der Waals surface area contributed by atoms with Crippen molar-refractivity contribution in [3.8, 4) is 0 Å². The summed E-state index contributed by atoms with van der Waals surface area (Å²) in [6.45, 7) is 10.7. The molecule has 2 aromatic heterocycles. The molecule has 0 unspecified atom stereocenters. The van der Waals surface area contributed by atoms with E-state index in [1.165, 1.54) is 27.1 Å². The first-order valence-electron chi connectivity index (χ1n) is 7.03.